The van der Waals surface area contributed by atoms with E-state index in [9.17, 15) is 0 Å². The van der Waals surface area contributed by atoms with E-state index in [-0.39, 0.29) is 5.84 Å². The lowest BCUT2D eigenvalue weighted by Crippen LogP contribution is -2.28. The van der Waals surface area contributed by atoms with Crippen LogP contribution in [0.4, 0.5) is 0 Å². The third-order valence-corrected chi connectivity index (χ3v) is 3.16. The van der Waals surface area contributed by atoms with Crippen LogP contribution in [0, 0.1) is 0 Å². The molecular formula is C10H18N6O. The van der Waals surface area contributed by atoms with Gasteiger partial charge < -0.3 is 16.7 Å². The fourth-order valence-electron chi connectivity index (χ4n) is 2.16. The molecule has 1 aliphatic rings. The van der Waals surface area contributed by atoms with Gasteiger partial charge in [0, 0.05) is 12.2 Å². The van der Waals surface area contributed by atoms with Crippen molar-refractivity contribution >= 4 is 5.84 Å². The van der Waals surface area contributed by atoms with Gasteiger partial charge >= 0.3 is 0 Å². The first kappa shape index (κ1) is 11.8. The highest BCUT2D eigenvalue weighted by Gasteiger charge is 2.21. The first-order valence-electron chi connectivity index (χ1n) is 5.81. The summed E-state index contributed by atoms with van der Waals surface area (Å²) in [5, 5.41) is 19.5. The van der Waals surface area contributed by atoms with Crippen molar-refractivity contribution in [3.63, 3.8) is 0 Å². The maximum atomic E-state index is 8.47. The van der Waals surface area contributed by atoms with E-state index in [1.165, 1.54) is 0 Å². The van der Waals surface area contributed by atoms with Crippen molar-refractivity contribution in [2.24, 2.45) is 16.6 Å². The second-order valence-corrected chi connectivity index (χ2v) is 4.53. The summed E-state index contributed by atoms with van der Waals surface area (Å²) in [5.41, 5.74) is 12.0. The maximum absolute atomic E-state index is 8.47. The van der Waals surface area contributed by atoms with E-state index in [0.29, 0.717) is 18.5 Å². The average Bonchev–Trinajstić information content (AvgIpc) is 2.78. The number of aromatic nitrogens is 3. The van der Waals surface area contributed by atoms with Crippen molar-refractivity contribution in [1.82, 2.24) is 15.0 Å². The number of amidine groups is 1. The number of nitrogens with zero attached hydrogens (tertiary/aromatic N) is 4. The van der Waals surface area contributed by atoms with Crippen LogP contribution in [0.1, 0.15) is 37.4 Å². The van der Waals surface area contributed by atoms with Crippen molar-refractivity contribution < 1.29 is 5.21 Å². The molecule has 0 atom stereocenters. The van der Waals surface area contributed by atoms with Crippen LogP contribution in [0.25, 0.3) is 0 Å². The minimum Gasteiger partial charge on any atom is -0.409 e. The van der Waals surface area contributed by atoms with Crippen LogP contribution >= 0.6 is 0 Å². The fourth-order valence-corrected chi connectivity index (χ4v) is 2.16. The molecule has 1 aromatic rings. The second-order valence-electron chi connectivity index (χ2n) is 4.53. The Labute approximate surface area is 99.5 Å². The summed E-state index contributed by atoms with van der Waals surface area (Å²) in [7, 11) is 0. The topological polar surface area (TPSA) is 115 Å². The van der Waals surface area contributed by atoms with E-state index < -0.39 is 0 Å². The maximum Gasteiger partial charge on any atom is 0.145 e. The highest BCUT2D eigenvalue weighted by Crippen LogP contribution is 2.26. The van der Waals surface area contributed by atoms with Crippen LogP contribution in [-0.4, -0.2) is 32.1 Å². The summed E-state index contributed by atoms with van der Waals surface area (Å²) in [6.07, 6.45) is 6.31. The van der Waals surface area contributed by atoms with Crippen LogP contribution in [0.15, 0.2) is 11.4 Å². The molecule has 1 saturated carbocycles. The number of nitrogens with two attached hydrogens (primary N) is 2. The van der Waals surface area contributed by atoms with Gasteiger partial charge in [0.1, 0.15) is 5.84 Å². The van der Waals surface area contributed by atoms with Gasteiger partial charge in [0.25, 0.3) is 0 Å². The van der Waals surface area contributed by atoms with E-state index in [1.807, 2.05) is 10.9 Å². The zero-order valence-electron chi connectivity index (χ0n) is 9.66. The molecule has 17 heavy (non-hydrogen) atoms. The summed E-state index contributed by atoms with van der Waals surface area (Å²) < 4.78 is 1.87. The van der Waals surface area contributed by atoms with Crippen LogP contribution in [0.5, 0.6) is 0 Å². The quantitative estimate of drug-likeness (QED) is 0.297. The summed E-state index contributed by atoms with van der Waals surface area (Å²) >= 11 is 0. The molecule has 0 aliphatic heterocycles. The lowest BCUT2D eigenvalue weighted by molar-refractivity contribution is 0.300. The Kier molecular flexibility index (Phi) is 3.58. The number of rotatable bonds is 3. The van der Waals surface area contributed by atoms with Crippen molar-refractivity contribution in [2.75, 3.05) is 0 Å². The fraction of sp³-hybridized carbons (Fsp3) is 0.700. The van der Waals surface area contributed by atoms with Crippen molar-refractivity contribution in [2.45, 2.75) is 44.2 Å². The first-order chi connectivity index (χ1) is 8.19. The Balaban J connectivity index is 1.98. The molecule has 2 rings (SSSR count). The number of hydrogen-bond donors (Lipinski definition) is 3. The van der Waals surface area contributed by atoms with Crippen molar-refractivity contribution in [3.8, 4) is 0 Å². The number of hydrogen-bond acceptors (Lipinski definition) is 5. The van der Waals surface area contributed by atoms with Crippen molar-refractivity contribution in [1.29, 1.82) is 0 Å². The highest BCUT2D eigenvalue weighted by molar-refractivity contribution is 5.81. The Morgan fingerprint density at radius 2 is 2.18 bits per heavy atom. The van der Waals surface area contributed by atoms with Crippen molar-refractivity contribution in [3.05, 3.63) is 11.9 Å². The third kappa shape index (κ3) is 2.94. The Morgan fingerprint density at radius 1 is 1.47 bits per heavy atom. The standard InChI is InChI=1S/C10H18N6O/c11-7-1-3-9(4-2-7)16-6-8(13-15-16)5-10(12)14-17/h6-7,9,17H,1-5,11H2,(H2,12,14). The highest BCUT2D eigenvalue weighted by atomic mass is 16.4. The van der Waals surface area contributed by atoms with Gasteiger partial charge in [-0.05, 0) is 25.7 Å². The van der Waals surface area contributed by atoms with Crippen LogP contribution in [0.2, 0.25) is 0 Å². The van der Waals surface area contributed by atoms with E-state index in [2.05, 4.69) is 15.5 Å². The zero-order valence-corrected chi connectivity index (χ0v) is 9.66. The molecule has 0 aromatic carbocycles. The summed E-state index contributed by atoms with van der Waals surface area (Å²) in [5.74, 6) is 0.141. The summed E-state index contributed by atoms with van der Waals surface area (Å²) in [4.78, 5) is 0. The van der Waals surface area contributed by atoms with Gasteiger partial charge in [-0.2, -0.15) is 0 Å². The molecule has 0 bridgehead atoms. The van der Waals surface area contributed by atoms with Crippen LogP contribution in [0.3, 0.4) is 0 Å². The molecular weight excluding hydrogens is 220 g/mol. The van der Waals surface area contributed by atoms with Gasteiger partial charge in [-0.15, -0.1) is 5.10 Å². The minimum absolute atomic E-state index is 0.141. The molecule has 5 N–H and O–H groups in total. The first-order valence-corrected chi connectivity index (χ1v) is 5.81. The Hall–Kier alpha value is -1.63. The van der Waals surface area contributed by atoms with Gasteiger partial charge in [-0.25, -0.2) is 4.68 Å². The van der Waals surface area contributed by atoms with Gasteiger partial charge in [0.05, 0.1) is 18.2 Å². The molecule has 0 unspecified atom stereocenters. The van der Waals surface area contributed by atoms with Gasteiger partial charge in [-0.1, -0.05) is 10.4 Å². The molecule has 1 aliphatic carbocycles. The molecule has 7 heteroatoms. The van der Waals surface area contributed by atoms with Crippen LogP contribution in [-0.2, 0) is 6.42 Å². The largest absolute Gasteiger partial charge is 0.409 e. The molecule has 1 aromatic heterocycles. The molecule has 0 spiro atoms. The second kappa shape index (κ2) is 5.13. The lowest BCUT2D eigenvalue weighted by Gasteiger charge is -2.25. The molecule has 7 nitrogen and oxygen atoms in total. The van der Waals surface area contributed by atoms with Gasteiger partial charge in [0.2, 0.25) is 0 Å². The zero-order chi connectivity index (χ0) is 12.3. The summed E-state index contributed by atoms with van der Waals surface area (Å²) in [6.45, 7) is 0. The molecule has 94 valence electrons. The van der Waals surface area contributed by atoms with Crippen LogP contribution < -0.4 is 11.5 Å². The summed E-state index contributed by atoms with van der Waals surface area (Å²) in [6, 6.07) is 0.703. The van der Waals surface area contributed by atoms with E-state index in [1.54, 1.807) is 0 Å². The molecule has 1 fully saturated rings. The molecule has 0 amide bonds. The molecule has 0 radical (unpaired) electrons. The van der Waals surface area contributed by atoms with Gasteiger partial charge in [-0.3, -0.25) is 0 Å². The third-order valence-electron chi connectivity index (χ3n) is 3.16. The molecule has 1 heterocycles. The predicted molar refractivity (Wildman–Crippen MR) is 62.6 cm³/mol. The lowest BCUT2D eigenvalue weighted by atomic mass is 9.92. The Morgan fingerprint density at radius 3 is 2.82 bits per heavy atom. The smallest absolute Gasteiger partial charge is 0.145 e. The van der Waals surface area contributed by atoms with E-state index in [4.69, 9.17) is 16.7 Å². The Bertz CT molecular complexity index is 393. The SMILES string of the molecule is N/C(Cc1cn(C2CCC(N)CC2)nn1)=N/O. The average molecular weight is 238 g/mol. The minimum atomic E-state index is 0.141. The van der Waals surface area contributed by atoms with E-state index in [0.717, 1.165) is 31.4 Å². The predicted octanol–water partition coefficient (Wildman–Crippen LogP) is 0.00940. The van der Waals surface area contributed by atoms with Gasteiger partial charge in [0.15, 0.2) is 0 Å². The monoisotopic (exact) mass is 238 g/mol. The molecule has 0 saturated heterocycles. The van der Waals surface area contributed by atoms with E-state index >= 15 is 0 Å². The normalized spacial score (nSPS) is 26.1. The number of oxime groups is 1.